The Morgan fingerprint density at radius 1 is 1.18 bits per heavy atom. The van der Waals surface area contributed by atoms with E-state index in [1.165, 1.54) is 12.1 Å². The Kier molecular flexibility index (Phi) is 6.02. The van der Waals surface area contributed by atoms with E-state index in [2.05, 4.69) is 5.32 Å². The molecule has 2 aromatic rings. The average Bonchev–Trinajstić information content (AvgIpc) is 3.49. The highest BCUT2D eigenvalue weighted by molar-refractivity contribution is 7.89. The van der Waals surface area contributed by atoms with Crippen LogP contribution in [0.25, 0.3) is 0 Å². The Balaban J connectivity index is 1.62. The zero-order chi connectivity index (χ0) is 20.3. The number of nitrogens with one attached hydrogen (secondary N) is 1. The summed E-state index contributed by atoms with van der Waals surface area (Å²) >= 11 is 5.79. The summed E-state index contributed by atoms with van der Waals surface area (Å²) in [6, 6.07) is 13.0. The Morgan fingerprint density at radius 2 is 1.86 bits per heavy atom. The summed E-state index contributed by atoms with van der Waals surface area (Å²) in [4.78, 5) is 24.0. The standard InChI is InChI=1S/C19H19ClN2O5S/c20-15-9-8-14(10-16(15)28(21,25)26)19(24)27-11-17(23)22-18(13-6-7-13)12-4-2-1-3-5-12/h1-5,8-10,13,18H,6-7,11H2,(H,22,23)(H2,21,25,26). The van der Waals surface area contributed by atoms with Crippen molar-refractivity contribution in [1.82, 2.24) is 5.32 Å². The number of hydrogen-bond donors (Lipinski definition) is 2. The highest BCUT2D eigenvalue weighted by Crippen LogP contribution is 2.40. The van der Waals surface area contributed by atoms with E-state index in [9.17, 15) is 18.0 Å². The molecule has 3 N–H and O–H groups in total. The largest absolute Gasteiger partial charge is 0.452 e. The number of halogens is 1. The molecule has 2 aromatic carbocycles. The lowest BCUT2D eigenvalue weighted by Crippen LogP contribution is -2.33. The van der Waals surface area contributed by atoms with Crippen molar-refractivity contribution in [3.8, 4) is 0 Å². The molecule has 0 saturated heterocycles. The third kappa shape index (κ3) is 5.09. The summed E-state index contributed by atoms with van der Waals surface area (Å²) in [6.45, 7) is -0.484. The van der Waals surface area contributed by atoms with Crippen LogP contribution in [0, 0.1) is 5.92 Å². The van der Waals surface area contributed by atoms with E-state index in [1.807, 2.05) is 30.3 Å². The lowest BCUT2D eigenvalue weighted by atomic mass is 10.0. The number of rotatable bonds is 7. The van der Waals surface area contributed by atoms with E-state index in [-0.39, 0.29) is 21.5 Å². The van der Waals surface area contributed by atoms with Crippen LogP contribution in [0.4, 0.5) is 0 Å². The molecule has 1 aliphatic rings. The Labute approximate surface area is 167 Å². The van der Waals surface area contributed by atoms with Crippen molar-refractivity contribution in [2.24, 2.45) is 11.1 Å². The summed E-state index contributed by atoms with van der Waals surface area (Å²) in [5.74, 6) is -0.912. The number of primary sulfonamides is 1. The van der Waals surface area contributed by atoms with Crippen LogP contribution in [0.1, 0.15) is 34.8 Å². The summed E-state index contributed by atoms with van der Waals surface area (Å²) in [5, 5.41) is 7.85. The van der Waals surface area contributed by atoms with Gasteiger partial charge in [-0.15, -0.1) is 0 Å². The minimum atomic E-state index is -4.09. The number of esters is 1. The van der Waals surface area contributed by atoms with Crippen molar-refractivity contribution in [2.75, 3.05) is 6.61 Å². The molecular weight excluding hydrogens is 404 g/mol. The van der Waals surface area contributed by atoms with Crippen molar-refractivity contribution >= 4 is 33.5 Å². The van der Waals surface area contributed by atoms with Crippen LogP contribution < -0.4 is 10.5 Å². The lowest BCUT2D eigenvalue weighted by molar-refractivity contribution is -0.125. The van der Waals surface area contributed by atoms with Crippen LogP contribution in [0.5, 0.6) is 0 Å². The van der Waals surface area contributed by atoms with Gasteiger partial charge in [0.2, 0.25) is 10.0 Å². The van der Waals surface area contributed by atoms with Crippen molar-refractivity contribution in [3.05, 3.63) is 64.7 Å². The molecule has 1 aliphatic carbocycles. The molecule has 1 amide bonds. The number of nitrogens with two attached hydrogens (primary N) is 1. The second kappa shape index (κ2) is 8.30. The van der Waals surface area contributed by atoms with Gasteiger partial charge in [0.25, 0.3) is 5.91 Å². The van der Waals surface area contributed by atoms with Gasteiger partial charge in [-0.05, 0) is 42.5 Å². The molecule has 1 fully saturated rings. The lowest BCUT2D eigenvalue weighted by Gasteiger charge is -2.18. The summed E-state index contributed by atoms with van der Waals surface area (Å²) in [6.07, 6.45) is 2.06. The number of carbonyl (C=O) groups excluding carboxylic acids is 2. The van der Waals surface area contributed by atoms with Gasteiger partial charge in [-0.3, -0.25) is 4.79 Å². The molecular formula is C19H19ClN2O5S. The fourth-order valence-corrected chi connectivity index (χ4v) is 3.91. The molecule has 3 rings (SSSR count). The molecule has 7 nitrogen and oxygen atoms in total. The number of amides is 1. The molecule has 1 unspecified atom stereocenters. The van der Waals surface area contributed by atoms with Crippen molar-refractivity contribution in [2.45, 2.75) is 23.8 Å². The first-order valence-corrected chi connectivity index (χ1v) is 10.5. The van der Waals surface area contributed by atoms with Gasteiger partial charge in [0.1, 0.15) is 4.90 Å². The summed E-state index contributed by atoms with van der Waals surface area (Å²) in [5.41, 5.74) is 0.934. The van der Waals surface area contributed by atoms with E-state index >= 15 is 0 Å². The van der Waals surface area contributed by atoms with Crippen molar-refractivity contribution in [1.29, 1.82) is 0 Å². The van der Waals surface area contributed by atoms with Crippen LogP contribution in [0.3, 0.4) is 0 Å². The quantitative estimate of drug-likeness (QED) is 0.665. The Bertz CT molecular complexity index is 991. The van der Waals surface area contributed by atoms with E-state index in [4.69, 9.17) is 21.5 Å². The van der Waals surface area contributed by atoms with E-state index in [0.717, 1.165) is 24.5 Å². The van der Waals surface area contributed by atoms with Gasteiger partial charge in [-0.1, -0.05) is 41.9 Å². The maximum Gasteiger partial charge on any atom is 0.338 e. The van der Waals surface area contributed by atoms with Crippen LogP contribution in [0.15, 0.2) is 53.4 Å². The van der Waals surface area contributed by atoms with Crippen LogP contribution in [-0.4, -0.2) is 26.9 Å². The highest BCUT2D eigenvalue weighted by atomic mass is 35.5. The van der Waals surface area contributed by atoms with Gasteiger partial charge >= 0.3 is 5.97 Å². The van der Waals surface area contributed by atoms with E-state index in [0.29, 0.717) is 5.92 Å². The molecule has 148 valence electrons. The van der Waals surface area contributed by atoms with Crippen LogP contribution >= 0.6 is 11.6 Å². The molecule has 0 heterocycles. The number of sulfonamides is 1. The normalized spacial score (nSPS) is 14.9. The molecule has 1 atom stereocenters. The monoisotopic (exact) mass is 422 g/mol. The molecule has 0 bridgehead atoms. The molecule has 0 aliphatic heterocycles. The Morgan fingerprint density at radius 3 is 2.46 bits per heavy atom. The van der Waals surface area contributed by atoms with Crippen molar-refractivity contribution < 1.29 is 22.7 Å². The first-order valence-electron chi connectivity index (χ1n) is 8.59. The third-order valence-electron chi connectivity index (χ3n) is 4.38. The number of hydrogen-bond acceptors (Lipinski definition) is 5. The first kappa shape index (κ1) is 20.3. The fraction of sp³-hybridized carbons (Fsp3) is 0.263. The van der Waals surface area contributed by atoms with Gasteiger partial charge < -0.3 is 10.1 Å². The topological polar surface area (TPSA) is 116 Å². The highest BCUT2D eigenvalue weighted by Gasteiger charge is 2.33. The maximum absolute atomic E-state index is 12.2. The fourth-order valence-electron chi connectivity index (χ4n) is 2.84. The number of carbonyl (C=O) groups is 2. The predicted octanol–water partition coefficient (Wildman–Crippen LogP) is 2.41. The Hall–Kier alpha value is -2.42. The minimum absolute atomic E-state index is 0.0666. The average molecular weight is 423 g/mol. The van der Waals surface area contributed by atoms with E-state index < -0.39 is 28.5 Å². The van der Waals surface area contributed by atoms with Gasteiger partial charge in [-0.25, -0.2) is 18.4 Å². The third-order valence-corrected chi connectivity index (χ3v) is 5.77. The van der Waals surface area contributed by atoms with Gasteiger partial charge in [-0.2, -0.15) is 0 Å². The van der Waals surface area contributed by atoms with Crippen molar-refractivity contribution in [3.63, 3.8) is 0 Å². The zero-order valence-electron chi connectivity index (χ0n) is 14.8. The second-order valence-electron chi connectivity index (χ2n) is 6.56. The van der Waals surface area contributed by atoms with Gasteiger partial charge in [0.15, 0.2) is 6.61 Å². The predicted molar refractivity (Wildman–Crippen MR) is 103 cm³/mol. The second-order valence-corrected chi connectivity index (χ2v) is 8.50. The summed E-state index contributed by atoms with van der Waals surface area (Å²) in [7, 11) is -4.09. The smallest absolute Gasteiger partial charge is 0.338 e. The molecule has 9 heteroatoms. The van der Waals surface area contributed by atoms with Gasteiger partial charge in [0, 0.05) is 0 Å². The van der Waals surface area contributed by atoms with Crippen LogP contribution in [0.2, 0.25) is 5.02 Å². The number of ether oxygens (including phenoxy) is 1. The molecule has 0 spiro atoms. The minimum Gasteiger partial charge on any atom is -0.452 e. The molecule has 0 radical (unpaired) electrons. The molecule has 1 saturated carbocycles. The SMILES string of the molecule is NS(=O)(=O)c1cc(C(=O)OCC(=O)NC(c2ccccc2)C2CC2)ccc1Cl. The van der Waals surface area contributed by atoms with Crippen LogP contribution in [-0.2, 0) is 19.6 Å². The van der Waals surface area contributed by atoms with Gasteiger partial charge in [0.05, 0.1) is 16.6 Å². The zero-order valence-corrected chi connectivity index (χ0v) is 16.4. The number of benzene rings is 2. The molecule has 28 heavy (non-hydrogen) atoms. The maximum atomic E-state index is 12.2. The first-order chi connectivity index (χ1) is 13.3. The molecule has 0 aromatic heterocycles. The summed E-state index contributed by atoms with van der Waals surface area (Å²) < 4.78 is 28.0. The van der Waals surface area contributed by atoms with E-state index in [1.54, 1.807) is 0 Å².